The summed E-state index contributed by atoms with van der Waals surface area (Å²) in [5, 5.41) is 0. The van der Waals surface area contributed by atoms with E-state index >= 15 is 0 Å². The van der Waals surface area contributed by atoms with E-state index in [4.69, 9.17) is 4.74 Å². The lowest BCUT2D eigenvalue weighted by Gasteiger charge is -2.05. The van der Waals surface area contributed by atoms with Gasteiger partial charge in [-0.25, -0.2) is 4.79 Å². The molecule has 3 aromatic rings. The second-order valence-corrected chi connectivity index (χ2v) is 5.72. The molecule has 0 radical (unpaired) electrons. The quantitative estimate of drug-likeness (QED) is 0.462. The molecule has 0 spiro atoms. The van der Waals surface area contributed by atoms with E-state index in [9.17, 15) is 4.79 Å². The highest BCUT2D eigenvalue weighted by Gasteiger charge is 2.00. The van der Waals surface area contributed by atoms with Crippen molar-refractivity contribution in [3.8, 4) is 11.1 Å². The van der Waals surface area contributed by atoms with Crippen molar-refractivity contribution in [1.29, 1.82) is 0 Å². The second-order valence-electron chi connectivity index (χ2n) is 5.72. The molecule has 0 amide bonds. The number of benzene rings is 3. The molecule has 0 fully saturated rings. The highest BCUT2D eigenvalue weighted by molar-refractivity contribution is 5.87. The van der Waals surface area contributed by atoms with Crippen molar-refractivity contribution in [2.45, 2.75) is 6.42 Å². The van der Waals surface area contributed by atoms with E-state index in [1.165, 1.54) is 17.2 Å². The van der Waals surface area contributed by atoms with Gasteiger partial charge in [-0.15, -0.1) is 0 Å². The van der Waals surface area contributed by atoms with E-state index in [1.54, 1.807) is 6.08 Å². The predicted molar refractivity (Wildman–Crippen MR) is 102 cm³/mol. The SMILES string of the molecule is O=C(/C=C/c1ccccc1)OCCc1ccc(-c2ccccc2)cc1. The van der Waals surface area contributed by atoms with Gasteiger partial charge in [0.05, 0.1) is 6.61 Å². The van der Waals surface area contributed by atoms with Crippen molar-refractivity contribution in [2.75, 3.05) is 6.61 Å². The van der Waals surface area contributed by atoms with Crippen molar-refractivity contribution >= 4 is 12.0 Å². The number of ether oxygens (including phenoxy) is 1. The lowest BCUT2D eigenvalue weighted by molar-refractivity contribution is -0.137. The summed E-state index contributed by atoms with van der Waals surface area (Å²) in [5.74, 6) is -0.315. The Morgan fingerprint density at radius 2 is 1.36 bits per heavy atom. The van der Waals surface area contributed by atoms with Gasteiger partial charge in [-0.2, -0.15) is 0 Å². The van der Waals surface area contributed by atoms with Gasteiger partial charge in [-0.1, -0.05) is 84.9 Å². The Balaban J connectivity index is 1.47. The van der Waals surface area contributed by atoms with Crippen LogP contribution < -0.4 is 0 Å². The summed E-state index contributed by atoms with van der Waals surface area (Å²) in [7, 11) is 0. The maximum absolute atomic E-state index is 11.7. The van der Waals surface area contributed by atoms with Crippen LogP contribution in [0.4, 0.5) is 0 Å². The average molecular weight is 328 g/mol. The first-order chi connectivity index (χ1) is 12.3. The molecule has 124 valence electrons. The largest absolute Gasteiger partial charge is 0.462 e. The third-order valence-electron chi connectivity index (χ3n) is 3.91. The molecule has 0 unspecified atom stereocenters. The number of rotatable bonds is 6. The molecular weight excluding hydrogens is 308 g/mol. The van der Waals surface area contributed by atoms with E-state index in [0.717, 1.165) is 11.1 Å². The van der Waals surface area contributed by atoms with E-state index in [1.807, 2.05) is 48.5 Å². The van der Waals surface area contributed by atoms with Crippen LogP contribution in [0.5, 0.6) is 0 Å². The molecule has 0 aliphatic carbocycles. The van der Waals surface area contributed by atoms with Crippen LogP contribution in [0.3, 0.4) is 0 Å². The van der Waals surface area contributed by atoms with Crippen molar-refractivity contribution in [1.82, 2.24) is 0 Å². The zero-order valence-electron chi connectivity index (χ0n) is 14.0. The molecule has 0 heterocycles. The van der Waals surface area contributed by atoms with Crippen LogP contribution in [0.1, 0.15) is 11.1 Å². The second kappa shape index (κ2) is 8.65. The molecule has 2 nitrogen and oxygen atoms in total. The van der Waals surface area contributed by atoms with Crippen LogP contribution in [0.2, 0.25) is 0 Å². The van der Waals surface area contributed by atoms with Gasteiger partial charge in [-0.05, 0) is 28.3 Å². The zero-order valence-corrected chi connectivity index (χ0v) is 14.0. The maximum atomic E-state index is 11.7. The Morgan fingerprint density at radius 3 is 2.04 bits per heavy atom. The maximum Gasteiger partial charge on any atom is 0.330 e. The smallest absolute Gasteiger partial charge is 0.330 e. The Kier molecular flexibility index (Phi) is 5.78. The molecule has 0 saturated heterocycles. The fourth-order valence-corrected chi connectivity index (χ4v) is 2.54. The van der Waals surface area contributed by atoms with E-state index < -0.39 is 0 Å². The standard InChI is InChI=1S/C23H20O2/c24-23(16-13-19-7-3-1-4-8-19)25-18-17-20-11-14-22(15-12-20)21-9-5-2-6-10-21/h1-16H,17-18H2/b16-13+. The Hall–Kier alpha value is -3.13. The zero-order chi connectivity index (χ0) is 17.3. The highest BCUT2D eigenvalue weighted by Crippen LogP contribution is 2.19. The first kappa shape index (κ1) is 16.7. The number of carbonyl (C=O) groups excluding carboxylic acids is 1. The topological polar surface area (TPSA) is 26.3 Å². The van der Waals surface area contributed by atoms with Crippen LogP contribution in [0.15, 0.2) is 91.0 Å². The summed E-state index contributed by atoms with van der Waals surface area (Å²) >= 11 is 0. The molecule has 0 saturated carbocycles. The first-order valence-electron chi connectivity index (χ1n) is 8.35. The third-order valence-corrected chi connectivity index (χ3v) is 3.91. The van der Waals surface area contributed by atoms with Crippen molar-refractivity contribution in [3.05, 3.63) is 102 Å². The molecule has 0 aliphatic rings. The summed E-state index contributed by atoms with van der Waals surface area (Å²) in [5.41, 5.74) is 4.52. The first-order valence-corrected chi connectivity index (χ1v) is 8.35. The molecule has 2 heteroatoms. The van der Waals surface area contributed by atoms with Crippen molar-refractivity contribution in [2.24, 2.45) is 0 Å². The molecule has 25 heavy (non-hydrogen) atoms. The van der Waals surface area contributed by atoms with Crippen molar-refractivity contribution in [3.63, 3.8) is 0 Å². The van der Waals surface area contributed by atoms with Crippen molar-refractivity contribution < 1.29 is 9.53 Å². The fourth-order valence-electron chi connectivity index (χ4n) is 2.54. The molecular formula is C23H20O2. The molecule has 0 aromatic heterocycles. The number of hydrogen-bond donors (Lipinski definition) is 0. The van der Waals surface area contributed by atoms with Gasteiger partial charge in [0.15, 0.2) is 0 Å². The predicted octanol–water partition coefficient (Wildman–Crippen LogP) is 5.15. The van der Waals surface area contributed by atoms with E-state index in [2.05, 4.69) is 36.4 Å². The lowest BCUT2D eigenvalue weighted by Crippen LogP contribution is -2.04. The summed E-state index contributed by atoms with van der Waals surface area (Å²) < 4.78 is 5.26. The minimum atomic E-state index is -0.315. The van der Waals surface area contributed by atoms with Gasteiger partial charge < -0.3 is 4.74 Å². The number of hydrogen-bond acceptors (Lipinski definition) is 2. The van der Waals surface area contributed by atoms with E-state index in [0.29, 0.717) is 13.0 Å². The van der Waals surface area contributed by atoms with Crippen LogP contribution >= 0.6 is 0 Å². The van der Waals surface area contributed by atoms with Crippen LogP contribution in [0, 0.1) is 0 Å². The summed E-state index contributed by atoms with van der Waals surface area (Å²) in [6, 6.07) is 28.3. The average Bonchev–Trinajstić information content (AvgIpc) is 2.68. The third kappa shape index (κ3) is 5.18. The molecule has 3 rings (SSSR count). The highest BCUT2D eigenvalue weighted by atomic mass is 16.5. The van der Waals surface area contributed by atoms with Gasteiger partial charge >= 0.3 is 5.97 Å². The summed E-state index contributed by atoms with van der Waals surface area (Å²) in [6.07, 6.45) is 3.94. The Morgan fingerprint density at radius 1 is 0.760 bits per heavy atom. The normalized spacial score (nSPS) is 10.7. The summed E-state index contributed by atoms with van der Waals surface area (Å²) in [4.78, 5) is 11.7. The van der Waals surface area contributed by atoms with Gasteiger partial charge in [0.1, 0.15) is 0 Å². The summed E-state index contributed by atoms with van der Waals surface area (Å²) in [6.45, 7) is 0.378. The fraction of sp³-hybridized carbons (Fsp3) is 0.0870. The molecule has 0 N–H and O–H groups in total. The van der Waals surface area contributed by atoms with Gasteiger partial charge in [0.25, 0.3) is 0 Å². The number of esters is 1. The van der Waals surface area contributed by atoms with E-state index in [-0.39, 0.29) is 5.97 Å². The molecule has 0 atom stereocenters. The van der Waals surface area contributed by atoms with Crippen LogP contribution in [-0.2, 0) is 16.0 Å². The number of carbonyl (C=O) groups is 1. The monoisotopic (exact) mass is 328 g/mol. The van der Waals surface area contributed by atoms with Gasteiger partial charge in [0, 0.05) is 12.5 Å². The Labute approximate surface area is 148 Å². The molecule has 0 aliphatic heterocycles. The molecule has 3 aromatic carbocycles. The minimum Gasteiger partial charge on any atom is -0.462 e. The van der Waals surface area contributed by atoms with Crippen LogP contribution in [-0.4, -0.2) is 12.6 Å². The minimum absolute atomic E-state index is 0.315. The Bertz CT molecular complexity index is 819. The van der Waals surface area contributed by atoms with Gasteiger partial charge in [-0.3, -0.25) is 0 Å². The van der Waals surface area contributed by atoms with Crippen LogP contribution in [0.25, 0.3) is 17.2 Å². The molecule has 0 bridgehead atoms. The van der Waals surface area contributed by atoms with Gasteiger partial charge in [0.2, 0.25) is 0 Å². The lowest BCUT2D eigenvalue weighted by atomic mass is 10.0.